The van der Waals surface area contributed by atoms with Crippen LogP contribution >= 0.6 is 0 Å². The Balaban J connectivity index is 1.50. The van der Waals surface area contributed by atoms with Crippen molar-refractivity contribution in [2.24, 2.45) is 5.92 Å². The van der Waals surface area contributed by atoms with Gasteiger partial charge in [-0.3, -0.25) is 9.69 Å². The molecule has 3 fully saturated rings. The Morgan fingerprint density at radius 2 is 1.70 bits per heavy atom. The van der Waals surface area contributed by atoms with Crippen LogP contribution in [0.4, 0.5) is 0 Å². The summed E-state index contributed by atoms with van der Waals surface area (Å²) in [6.07, 6.45) is 9.38. The van der Waals surface area contributed by atoms with E-state index in [4.69, 9.17) is 0 Å². The lowest BCUT2D eigenvalue weighted by Gasteiger charge is -2.31. The van der Waals surface area contributed by atoms with Gasteiger partial charge < -0.3 is 10.0 Å². The predicted octanol–water partition coefficient (Wildman–Crippen LogP) is 1.62. The zero-order chi connectivity index (χ0) is 14.1. The van der Waals surface area contributed by atoms with Gasteiger partial charge in [0.05, 0.1) is 12.6 Å². The zero-order valence-electron chi connectivity index (χ0n) is 12.6. The van der Waals surface area contributed by atoms with Gasteiger partial charge in [-0.15, -0.1) is 0 Å². The van der Waals surface area contributed by atoms with Crippen LogP contribution in [0.3, 0.4) is 0 Å². The molecule has 3 aliphatic carbocycles. The molecule has 0 heterocycles. The van der Waals surface area contributed by atoms with Crippen LogP contribution in [0.15, 0.2) is 0 Å². The molecule has 1 amide bonds. The number of carbonyl (C=O) groups is 1. The van der Waals surface area contributed by atoms with Gasteiger partial charge in [0.2, 0.25) is 5.91 Å². The first-order chi connectivity index (χ1) is 9.65. The van der Waals surface area contributed by atoms with Gasteiger partial charge in [-0.05, 0) is 51.5 Å². The molecule has 0 unspecified atom stereocenters. The Bertz CT molecular complexity index is 346. The topological polar surface area (TPSA) is 43.8 Å². The van der Waals surface area contributed by atoms with E-state index in [1.165, 1.54) is 38.5 Å². The SMILES string of the molecule is CN(CC(=O)N(C1CCCC1)C1CC1)C[C@@H](O)C1CC1. The number of hydrogen-bond donors (Lipinski definition) is 1. The van der Waals surface area contributed by atoms with Crippen LogP contribution < -0.4 is 0 Å². The summed E-state index contributed by atoms with van der Waals surface area (Å²) >= 11 is 0. The highest BCUT2D eigenvalue weighted by atomic mass is 16.3. The molecule has 4 heteroatoms. The van der Waals surface area contributed by atoms with Crippen molar-refractivity contribution >= 4 is 5.91 Å². The van der Waals surface area contributed by atoms with E-state index in [9.17, 15) is 9.90 Å². The van der Waals surface area contributed by atoms with Crippen molar-refractivity contribution < 1.29 is 9.90 Å². The maximum Gasteiger partial charge on any atom is 0.237 e. The molecular formula is C16H28N2O2. The van der Waals surface area contributed by atoms with E-state index in [1.807, 2.05) is 11.9 Å². The molecule has 1 N–H and O–H groups in total. The number of aliphatic hydroxyl groups excluding tert-OH is 1. The minimum atomic E-state index is -0.242. The van der Waals surface area contributed by atoms with E-state index in [1.54, 1.807) is 0 Å². The molecule has 114 valence electrons. The second-order valence-corrected chi connectivity index (χ2v) is 7.07. The molecule has 20 heavy (non-hydrogen) atoms. The van der Waals surface area contributed by atoms with Gasteiger partial charge in [0.25, 0.3) is 0 Å². The number of carbonyl (C=O) groups excluding carboxylic acids is 1. The summed E-state index contributed by atoms with van der Waals surface area (Å²) in [5.74, 6) is 0.770. The summed E-state index contributed by atoms with van der Waals surface area (Å²) in [6, 6.07) is 1.02. The maximum absolute atomic E-state index is 12.6. The minimum Gasteiger partial charge on any atom is -0.392 e. The molecule has 1 atom stereocenters. The molecule has 0 radical (unpaired) electrons. The lowest BCUT2D eigenvalue weighted by molar-refractivity contribution is -0.135. The lowest BCUT2D eigenvalue weighted by atomic mass is 10.2. The molecule has 3 rings (SSSR count). The molecule has 0 aliphatic heterocycles. The monoisotopic (exact) mass is 280 g/mol. The summed E-state index contributed by atoms with van der Waals surface area (Å²) in [4.78, 5) is 16.8. The molecule has 0 aromatic rings. The summed E-state index contributed by atoms with van der Waals surface area (Å²) in [5, 5.41) is 9.98. The summed E-state index contributed by atoms with van der Waals surface area (Å²) in [6.45, 7) is 1.11. The fraction of sp³-hybridized carbons (Fsp3) is 0.938. The Morgan fingerprint density at radius 3 is 2.25 bits per heavy atom. The Hall–Kier alpha value is -0.610. The maximum atomic E-state index is 12.6. The van der Waals surface area contributed by atoms with E-state index < -0.39 is 0 Å². The van der Waals surface area contributed by atoms with E-state index in [0.717, 1.165) is 12.8 Å². The number of nitrogens with zero attached hydrogens (tertiary/aromatic N) is 2. The van der Waals surface area contributed by atoms with Gasteiger partial charge in [-0.25, -0.2) is 0 Å². The molecule has 0 saturated heterocycles. The van der Waals surface area contributed by atoms with Crippen molar-refractivity contribution in [2.75, 3.05) is 20.1 Å². The van der Waals surface area contributed by atoms with Gasteiger partial charge in [-0.1, -0.05) is 12.8 Å². The van der Waals surface area contributed by atoms with Gasteiger partial charge in [0.15, 0.2) is 0 Å². The smallest absolute Gasteiger partial charge is 0.237 e. The Kier molecular flexibility index (Phi) is 4.32. The highest BCUT2D eigenvalue weighted by molar-refractivity contribution is 5.79. The van der Waals surface area contributed by atoms with Crippen LogP contribution in [-0.4, -0.2) is 59.1 Å². The first-order valence-corrected chi connectivity index (χ1v) is 8.33. The largest absolute Gasteiger partial charge is 0.392 e. The average Bonchev–Trinajstić information content (AvgIpc) is 3.29. The summed E-state index contributed by atoms with van der Waals surface area (Å²) < 4.78 is 0. The van der Waals surface area contributed by atoms with Gasteiger partial charge >= 0.3 is 0 Å². The summed E-state index contributed by atoms with van der Waals surface area (Å²) in [7, 11) is 1.96. The zero-order valence-corrected chi connectivity index (χ0v) is 12.6. The summed E-state index contributed by atoms with van der Waals surface area (Å²) in [5.41, 5.74) is 0. The standard InChI is InChI=1S/C16H28N2O2/c1-17(10-15(19)12-6-7-12)11-16(20)18(14-8-9-14)13-4-2-3-5-13/h12-15,19H,2-11H2,1H3/t15-/m1/s1. The van der Waals surface area contributed by atoms with Crippen molar-refractivity contribution in [3.8, 4) is 0 Å². The molecule has 4 nitrogen and oxygen atoms in total. The fourth-order valence-electron chi connectivity index (χ4n) is 3.57. The minimum absolute atomic E-state index is 0.242. The van der Waals surface area contributed by atoms with E-state index in [-0.39, 0.29) is 12.0 Å². The van der Waals surface area contributed by atoms with Gasteiger partial charge in [0, 0.05) is 18.6 Å². The third-order valence-electron chi connectivity index (χ3n) is 5.02. The molecule has 0 bridgehead atoms. The molecule has 0 aromatic heterocycles. The van der Waals surface area contributed by atoms with Crippen molar-refractivity contribution in [1.82, 2.24) is 9.80 Å². The number of aliphatic hydroxyl groups is 1. The predicted molar refractivity (Wildman–Crippen MR) is 78.4 cm³/mol. The molecule has 0 aromatic carbocycles. The second-order valence-electron chi connectivity index (χ2n) is 7.07. The highest BCUT2D eigenvalue weighted by Gasteiger charge is 2.38. The third kappa shape index (κ3) is 3.53. The quantitative estimate of drug-likeness (QED) is 0.771. The van der Waals surface area contributed by atoms with E-state index >= 15 is 0 Å². The molecule has 0 spiro atoms. The van der Waals surface area contributed by atoms with Crippen LogP contribution in [0.5, 0.6) is 0 Å². The third-order valence-corrected chi connectivity index (χ3v) is 5.02. The molecular weight excluding hydrogens is 252 g/mol. The van der Waals surface area contributed by atoms with Gasteiger partial charge in [0.1, 0.15) is 0 Å². The number of amides is 1. The van der Waals surface area contributed by atoms with Crippen LogP contribution in [-0.2, 0) is 4.79 Å². The van der Waals surface area contributed by atoms with Crippen molar-refractivity contribution in [3.63, 3.8) is 0 Å². The second kappa shape index (κ2) is 6.02. The normalized spacial score (nSPS) is 25.1. The van der Waals surface area contributed by atoms with Crippen molar-refractivity contribution in [2.45, 2.75) is 69.6 Å². The van der Waals surface area contributed by atoms with E-state index in [2.05, 4.69) is 4.90 Å². The number of rotatable bonds is 7. The highest BCUT2D eigenvalue weighted by Crippen LogP contribution is 2.35. The Labute approximate surface area is 122 Å². The number of likely N-dealkylation sites (N-methyl/N-ethyl adjacent to an activating group) is 1. The first kappa shape index (κ1) is 14.3. The van der Waals surface area contributed by atoms with Crippen LogP contribution in [0.25, 0.3) is 0 Å². The first-order valence-electron chi connectivity index (χ1n) is 8.33. The van der Waals surface area contributed by atoms with Gasteiger partial charge in [-0.2, -0.15) is 0 Å². The van der Waals surface area contributed by atoms with Crippen LogP contribution in [0.2, 0.25) is 0 Å². The number of hydrogen-bond acceptors (Lipinski definition) is 3. The van der Waals surface area contributed by atoms with Crippen LogP contribution in [0.1, 0.15) is 51.4 Å². The lowest BCUT2D eigenvalue weighted by Crippen LogP contribution is -2.46. The fourth-order valence-corrected chi connectivity index (χ4v) is 3.57. The van der Waals surface area contributed by atoms with Crippen LogP contribution in [0, 0.1) is 5.92 Å². The van der Waals surface area contributed by atoms with Crippen molar-refractivity contribution in [1.29, 1.82) is 0 Å². The van der Waals surface area contributed by atoms with Crippen molar-refractivity contribution in [3.05, 3.63) is 0 Å². The van der Waals surface area contributed by atoms with E-state index in [0.29, 0.717) is 31.1 Å². The average molecular weight is 280 g/mol. The molecule has 3 saturated carbocycles. The Morgan fingerprint density at radius 1 is 1.10 bits per heavy atom. The molecule has 3 aliphatic rings.